The summed E-state index contributed by atoms with van der Waals surface area (Å²) in [6.45, 7) is 1.26. The fourth-order valence-corrected chi connectivity index (χ4v) is 3.84. The molecule has 3 rings (SSSR count). The van der Waals surface area contributed by atoms with E-state index in [2.05, 4.69) is 21.2 Å². The number of rotatable bonds is 4. The number of benzene rings is 2. The molecule has 0 spiro atoms. The third-order valence-corrected chi connectivity index (χ3v) is 5.89. The lowest BCUT2D eigenvalue weighted by atomic mass is 10.1. The zero-order valence-electron chi connectivity index (χ0n) is 16.0. The molecule has 0 unspecified atom stereocenters. The first-order valence-corrected chi connectivity index (χ1v) is 10.5. The van der Waals surface area contributed by atoms with Crippen molar-refractivity contribution < 1.29 is 23.9 Å². The second-order valence-electron chi connectivity index (χ2n) is 6.15. The van der Waals surface area contributed by atoms with Gasteiger partial charge in [0.25, 0.3) is 11.8 Å². The third-order valence-electron chi connectivity index (χ3n) is 4.11. The molecule has 1 N–H and O–H groups in total. The lowest BCUT2D eigenvalue weighted by Gasteiger charge is -2.29. The van der Waals surface area contributed by atoms with Crippen molar-refractivity contribution in [2.75, 3.05) is 12.0 Å². The summed E-state index contributed by atoms with van der Waals surface area (Å²) in [6.07, 6.45) is 1.36. The van der Waals surface area contributed by atoms with Crippen molar-refractivity contribution in [3.63, 3.8) is 0 Å². The Kier molecular flexibility index (Phi) is 7.00. The molecule has 2 aromatic carbocycles. The van der Waals surface area contributed by atoms with Gasteiger partial charge in [-0.1, -0.05) is 45.2 Å². The van der Waals surface area contributed by atoms with Gasteiger partial charge in [0, 0.05) is 11.4 Å². The molecule has 0 bridgehead atoms. The number of hydrogen-bond donors (Lipinski definition) is 1. The largest absolute Gasteiger partial charge is 0.493 e. The Morgan fingerprint density at radius 3 is 2.58 bits per heavy atom. The van der Waals surface area contributed by atoms with Gasteiger partial charge in [-0.05, 0) is 48.1 Å². The summed E-state index contributed by atoms with van der Waals surface area (Å²) >= 11 is 20.8. The van der Waals surface area contributed by atoms with Crippen LogP contribution in [-0.2, 0) is 14.4 Å². The average Bonchev–Trinajstić information content (AvgIpc) is 2.69. The van der Waals surface area contributed by atoms with Gasteiger partial charge in [0.05, 0.1) is 22.8 Å². The molecule has 1 aliphatic rings. The quantitative estimate of drug-likeness (QED) is 0.201. The summed E-state index contributed by atoms with van der Waals surface area (Å²) in [5.41, 5.74) is 0.459. The van der Waals surface area contributed by atoms with E-state index in [1.165, 1.54) is 32.2 Å². The van der Waals surface area contributed by atoms with Gasteiger partial charge < -0.3 is 9.47 Å². The van der Waals surface area contributed by atoms with E-state index in [4.69, 9.17) is 44.9 Å². The minimum atomic E-state index is -0.687. The molecule has 1 aliphatic heterocycles. The van der Waals surface area contributed by atoms with E-state index in [0.29, 0.717) is 10.0 Å². The van der Waals surface area contributed by atoms with Crippen LogP contribution in [0, 0.1) is 0 Å². The summed E-state index contributed by atoms with van der Waals surface area (Å²) in [6, 6.07) is 7.73. The summed E-state index contributed by atoms with van der Waals surface area (Å²) < 4.78 is 10.8. The van der Waals surface area contributed by atoms with E-state index in [1.807, 2.05) is 0 Å². The smallest absolute Gasteiger partial charge is 0.308 e. The van der Waals surface area contributed by atoms with Crippen LogP contribution in [0.25, 0.3) is 6.08 Å². The first kappa shape index (κ1) is 23.2. The Labute approximate surface area is 201 Å². The van der Waals surface area contributed by atoms with Gasteiger partial charge in [0.2, 0.25) is 0 Å². The molecule has 7 nitrogen and oxygen atoms in total. The summed E-state index contributed by atoms with van der Waals surface area (Å²) in [5, 5.41) is 2.69. The van der Waals surface area contributed by atoms with Crippen molar-refractivity contribution in [2.24, 2.45) is 0 Å². The van der Waals surface area contributed by atoms with Crippen molar-refractivity contribution in [1.82, 2.24) is 5.32 Å². The predicted molar refractivity (Wildman–Crippen MR) is 125 cm³/mol. The van der Waals surface area contributed by atoms with Crippen LogP contribution in [0.3, 0.4) is 0 Å². The van der Waals surface area contributed by atoms with Crippen LogP contribution in [0.4, 0.5) is 5.69 Å². The van der Waals surface area contributed by atoms with Crippen LogP contribution in [0.2, 0.25) is 10.0 Å². The van der Waals surface area contributed by atoms with Crippen LogP contribution < -0.4 is 19.7 Å². The highest BCUT2D eigenvalue weighted by molar-refractivity contribution is 9.10. The number of hydrogen-bond acceptors (Lipinski definition) is 6. The number of carbonyl (C=O) groups is 3. The maximum atomic E-state index is 13.2. The maximum Gasteiger partial charge on any atom is 0.308 e. The Morgan fingerprint density at radius 1 is 1.23 bits per heavy atom. The highest BCUT2D eigenvalue weighted by Crippen LogP contribution is 2.37. The van der Waals surface area contributed by atoms with E-state index in [0.717, 1.165) is 4.90 Å². The van der Waals surface area contributed by atoms with Crippen LogP contribution in [0.5, 0.6) is 11.5 Å². The molecule has 1 fully saturated rings. The van der Waals surface area contributed by atoms with Crippen molar-refractivity contribution in [1.29, 1.82) is 0 Å². The molecule has 0 saturated carbocycles. The first-order valence-electron chi connectivity index (χ1n) is 8.55. The summed E-state index contributed by atoms with van der Waals surface area (Å²) in [4.78, 5) is 38.1. The Hall–Kier alpha value is -2.46. The number of ether oxygens (including phenoxy) is 2. The van der Waals surface area contributed by atoms with Crippen molar-refractivity contribution in [2.45, 2.75) is 6.92 Å². The second-order valence-corrected chi connectivity index (χ2v) is 8.18. The molecule has 1 heterocycles. The van der Waals surface area contributed by atoms with Crippen molar-refractivity contribution >= 4 is 86.0 Å². The standard InChI is InChI=1S/C20H13BrCl2N2O5S/c1-9(26)30-16-8-12(21)10(7-15(16)29-2)6-11-18(27)24-20(31)25(19(11)28)14-5-3-4-13(22)17(14)23/h3-8H,1-2H3,(H,24,27,31)/b11-6+. The minimum absolute atomic E-state index is 0.115. The molecule has 31 heavy (non-hydrogen) atoms. The first-order chi connectivity index (χ1) is 14.6. The van der Waals surface area contributed by atoms with Crippen LogP contribution >= 0.6 is 51.3 Å². The number of nitrogens with one attached hydrogen (secondary N) is 1. The maximum absolute atomic E-state index is 13.2. The third kappa shape index (κ3) is 4.74. The lowest BCUT2D eigenvalue weighted by molar-refractivity contribution is -0.132. The van der Waals surface area contributed by atoms with Gasteiger partial charge in [-0.25, -0.2) is 0 Å². The SMILES string of the molecule is COc1cc(/C=C2\C(=O)NC(=S)N(c3cccc(Cl)c3Cl)C2=O)c(Br)cc1OC(C)=O. The number of amides is 2. The number of halogens is 3. The molecule has 2 amide bonds. The minimum Gasteiger partial charge on any atom is -0.493 e. The average molecular weight is 544 g/mol. The molecule has 0 atom stereocenters. The van der Waals surface area contributed by atoms with Crippen LogP contribution in [-0.4, -0.2) is 30.0 Å². The molecular weight excluding hydrogens is 531 g/mol. The van der Waals surface area contributed by atoms with Gasteiger partial charge in [-0.15, -0.1) is 0 Å². The number of methoxy groups -OCH3 is 1. The normalized spacial score (nSPS) is 15.2. The van der Waals surface area contributed by atoms with Gasteiger partial charge in [-0.2, -0.15) is 0 Å². The zero-order chi connectivity index (χ0) is 22.9. The number of carbonyl (C=O) groups excluding carboxylic acids is 3. The Morgan fingerprint density at radius 2 is 1.94 bits per heavy atom. The molecule has 1 saturated heterocycles. The Balaban J connectivity index is 2.08. The molecule has 2 aromatic rings. The highest BCUT2D eigenvalue weighted by atomic mass is 79.9. The van der Waals surface area contributed by atoms with E-state index in [1.54, 1.807) is 18.2 Å². The topological polar surface area (TPSA) is 84.9 Å². The van der Waals surface area contributed by atoms with E-state index < -0.39 is 17.8 Å². The zero-order valence-corrected chi connectivity index (χ0v) is 19.9. The van der Waals surface area contributed by atoms with E-state index >= 15 is 0 Å². The highest BCUT2D eigenvalue weighted by Gasteiger charge is 2.36. The van der Waals surface area contributed by atoms with Crippen molar-refractivity contribution in [3.8, 4) is 11.5 Å². The van der Waals surface area contributed by atoms with E-state index in [9.17, 15) is 14.4 Å². The lowest BCUT2D eigenvalue weighted by Crippen LogP contribution is -2.54. The monoisotopic (exact) mass is 542 g/mol. The molecule has 0 aromatic heterocycles. The van der Waals surface area contributed by atoms with Gasteiger partial charge in [0.1, 0.15) is 5.57 Å². The van der Waals surface area contributed by atoms with Gasteiger partial charge in [0.15, 0.2) is 16.6 Å². The molecule has 160 valence electrons. The summed E-state index contributed by atoms with van der Waals surface area (Å²) in [5.74, 6) is -1.48. The molecule has 0 radical (unpaired) electrons. The van der Waals surface area contributed by atoms with Crippen LogP contribution in [0.1, 0.15) is 12.5 Å². The number of anilines is 1. The molecular formula is C20H13BrCl2N2O5S. The Bertz CT molecular complexity index is 1170. The number of nitrogens with zero attached hydrogens (tertiary/aromatic N) is 1. The van der Waals surface area contributed by atoms with Crippen LogP contribution in [0.15, 0.2) is 40.4 Å². The number of esters is 1. The number of thiocarbonyl (C=S) groups is 1. The predicted octanol–water partition coefficient (Wildman–Crippen LogP) is 4.52. The fourth-order valence-electron chi connectivity index (χ4n) is 2.75. The molecule has 0 aliphatic carbocycles. The fraction of sp³-hybridized carbons (Fsp3) is 0.100. The summed E-state index contributed by atoms with van der Waals surface area (Å²) in [7, 11) is 1.40. The second kappa shape index (κ2) is 9.35. The van der Waals surface area contributed by atoms with Gasteiger partial charge >= 0.3 is 5.97 Å². The van der Waals surface area contributed by atoms with E-state index in [-0.39, 0.29) is 37.9 Å². The molecule has 11 heteroatoms. The van der Waals surface area contributed by atoms with Crippen molar-refractivity contribution in [3.05, 3.63) is 56.0 Å². The van der Waals surface area contributed by atoms with Gasteiger partial charge in [-0.3, -0.25) is 24.6 Å².